The smallest absolute Gasteiger partial charge is 0.228 e. The van der Waals surface area contributed by atoms with Gasteiger partial charge in [0.25, 0.3) is 0 Å². The van der Waals surface area contributed by atoms with Crippen LogP contribution in [0.2, 0.25) is 10.3 Å². The van der Waals surface area contributed by atoms with E-state index < -0.39 is 0 Å². The third-order valence-electron chi connectivity index (χ3n) is 9.70. The van der Waals surface area contributed by atoms with Crippen molar-refractivity contribution in [2.45, 2.75) is 65.7 Å². The molecule has 5 rings (SSSR count). The molecule has 7 heteroatoms. The molecule has 1 aromatic heterocycles. The monoisotopic (exact) mass is 489 g/mol. The highest BCUT2D eigenvalue weighted by Crippen LogP contribution is 2.66. The summed E-state index contributed by atoms with van der Waals surface area (Å²) in [7, 11) is 1.96. The number of rotatable bonds is 2. The number of anilines is 1. The average molecular weight is 490 g/mol. The van der Waals surface area contributed by atoms with Gasteiger partial charge in [0.1, 0.15) is 5.15 Å². The van der Waals surface area contributed by atoms with Crippen molar-refractivity contribution in [3.8, 4) is 0 Å². The molecule has 1 N–H and O–H groups in total. The number of pyridine rings is 1. The number of halogens is 2. The molecule has 178 valence electrons. The van der Waals surface area contributed by atoms with Crippen LogP contribution in [0, 0.1) is 34.5 Å². The first-order valence-corrected chi connectivity index (χ1v) is 12.9. The number of piperidine rings is 1. The van der Waals surface area contributed by atoms with E-state index in [0.717, 1.165) is 38.5 Å². The Balaban J connectivity index is 1.41. The van der Waals surface area contributed by atoms with E-state index in [1.807, 2.05) is 11.9 Å². The lowest BCUT2D eigenvalue weighted by molar-refractivity contribution is -0.137. The van der Waals surface area contributed by atoms with Crippen LogP contribution in [0.4, 0.5) is 5.69 Å². The molecule has 2 saturated carbocycles. The van der Waals surface area contributed by atoms with Crippen molar-refractivity contribution in [2.75, 3.05) is 12.4 Å². The molecule has 4 aliphatic rings. The van der Waals surface area contributed by atoms with E-state index in [1.54, 1.807) is 12.1 Å². The van der Waals surface area contributed by atoms with E-state index in [2.05, 4.69) is 31.1 Å². The molecule has 0 radical (unpaired) electrons. The highest BCUT2D eigenvalue weighted by Gasteiger charge is 2.61. The van der Waals surface area contributed by atoms with Gasteiger partial charge in [-0.05, 0) is 80.8 Å². The Kier molecular flexibility index (Phi) is 5.60. The predicted octanol–water partition coefficient (Wildman–Crippen LogP) is 6.32. The van der Waals surface area contributed by atoms with Gasteiger partial charge >= 0.3 is 0 Å². The Morgan fingerprint density at radius 3 is 2.64 bits per heavy atom. The second-order valence-electron chi connectivity index (χ2n) is 11.2. The molecule has 0 aromatic carbocycles. The summed E-state index contributed by atoms with van der Waals surface area (Å²) in [5.74, 6) is 1.90. The number of fused-ring (bicyclic) bond motifs is 5. The number of carbonyl (C=O) groups excluding carboxylic acids is 2. The van der Waals surface area contributed by atoms with E-state index in [1.165, 1.54) is 11.3 Å². The van der Waals surface area contributed by atoms with Crippen molar-refractivity contribution in [2.24, 2.45) is 34.5 Å². The number of nitrogens with one attached hydrogen (secondary N) is 1. The molecular formula is C26H33Cl2N3O2. The molecule has 0 bridgehead atoms. The lowest BCUT2D eigenvalue weighted by atomic mass is 9.48. The molecule has 3 fully saturated rings. The van der Waals surface area contributed by atoms with Gasteiger partial charge in [0, 0.05) is 30.5 Å². The standard InChI is InChI=1S/C26H33Cl2N3O2/c1-14-13-15-16-5-6-18(24(33)29-19-7-8-20(27)30-23(19)28)25(16,2)11-9-17(15)26(3)12-10-21(32)31(4)22(14)26/h7-8,15-18H,5-6,9-13H2,1-4H3,(H,29,33)/t15-,16-,17-,18+,25-,26+/m0/s1. The van der Waals surface area contributed by atoms with Gasteiger partial charge in [-0.25, -0.2) is 4.98 Å². The minimum atomic E-state index is -0.0377. The molecule has 1 aromatic rings. The van der Waals surface area contributed by atoms with E-state index in [-0.39, 0.29) is 33.7 Å². The molecule has 2 amide bonds. The van der Waals surface area contributed by atoms with E-state index in [0.29, 0.717) is 35.0 Å². The molecule has 2 heterocycles. The molecule has 33 heavy (non-hydrogen) atoms. The SMILES string of the molecule is CC1=C2N(C)C(=O)CC[C@]2(C)[C@H]2CC[C@]3(C)[C@@H](C(=O)Nc4ccc(Cl)nc4Cl)CC[C@H]3[C@@H]2C1. The molecule has 3 aliphatic carbocycles. The van der Waals surface area contributed by atoms with Crippen molar-refractivity contribution in [3.63, 3.8) is 0 Å². The first kappa shape index (κ1) is 23.2. The van der Waals surface area contributed by atoms with Crippen LogP contribution in [-0.4, -0.2) is 28.7 Å². The van der Waals surface area contributed by atoms with Gasteiger partial charge in [0.15, 0.2) is 5.15 Å². The van der Waals surface area contributed by atoms with Gasteiger partial charge in [0.2, 0.25) is 11.8 Å². The molecule has 1 aliphatic heterocycles. The summed E-state index contributed by atoms with van der Waals surface area (Å²) in [6.07, 6.45) is 6.75. The van der Waals surface area contributed by atoms with Gasteiger partial charge in [-0.15, -0.1) is 0 Å². The van der Waals surface area contributed by atoms with Crippen LogP contribution in [0.25, 0.3) is 0 Å². The van der Waals surface area contributed by atoms with Gasteiger partial charge in [-0.2, -0.15) is 0 Å². The van der Waals surface area contributed by atoms with E-state index >= 15 is 0 Å². The Bertz CT molecular complexity index is 1060. The first-order chi connectivity index (χ1) is 15.6. The lowest BCUT2D eigenvalue weighted by Crippen LogP contribution is -2.54. The summed E-state index contributed by atoms with van der Waals surface area (Å²) in [6.45, 7) is 6.95. The fourth-order valence-electron chi connectivity index (χ4n) is 8.26. The van der Waals surface area contributed by atoms with E-state index in [4.69, 9.17) is 23.2 Å². The van der Waals surface area contributed by atoms with Crippen molar-refractivity contribution < 1.29 is 9.59 Å². The highest BCUT2D eigenvalue weighted by molar-refractivity contribution is 6.34. The maximum Gasteiger partial charge on any atom is 0.228 e. The largest absolute Gasteiger partial charge is 0.323 e. The summed E-state index contributed by atoms with van der Waals surface area (Å²) >= 11 is 12.1. The summed E-state index contributed by atoms with van der Waals surface area (Å²) in [6, 6.07) is 3.37. The number of aromatic nitrogens is 1. The fraction of sp³-hybridized carbons (Fsp3) is 0.654. The highest BCUT2D eigenvalue weighted by atomic mass is 35.5. The quantitative estimate of drug-likeness (QED) is 0.494. The third kappa shape index (κ3) is 3.44. The molecule has 5 nitrogen and oxygen atoms in total. The normalized spacial score (nSPS) is 38.0. The van der Waals surface area contributed by atoms with Crippen LogP contribution in [0.15, 0.2) is 23.4 Å². The number of carbonyl (C=O) groups is 2. The van der Waals surface area contributed by atoms with Crippen molar-refractivity contribution in [3.05, 3.63) is 33.7 Å². The topological polar surface area (TPSA) is 62.3 Å². The zero-order valence-corrected chi connectivity index (χ0v) is 21.4. The van der Waals surface area contributed by atoms with Gasteiger partial charge in [0.05, 0.1) is 5.69 Å². The first-order valence-electron chi connectivity index (χ1n) is 12.2. The summed E-state index contributed by atoms with van der Waals surface area (Å²) < 4.78 is 0. The van der Waals surface area contributed by atoms with Crippen LogP contribution in [0.3, 0.4) is 0 Å². The Labute approximate surface area is 206 Å². The lowest BCUT2D eigenvalue weighted by Gasteiger charge is -2.59. The number of hydrogen-bond donors (Lipinski definition) is 1. The van der Waals surface area contributed by atoms with Gasteiger partial charge in [-0.3, -0.25) is 9.59 Å². The Morgan fingerprint density at radius 2 is 1.91 bits per heavy atom. The molecule has 0 spiro atoms. The van der Waals surface area contributed by atoms with Crippen LogP contribution in [0.1, 0.15) is 65.7 Å². The van der Waals surface area contributed by atoms with Crippen LogP contribution in [-0.2, 0) is 9.59 Å². The maximum atomic E-state index is 13.4. The zero-order valence-electron chi connectivity index (χ0n) is 19.9. The molecular weight excluding hydrogens is 457 g/mol. The van der Waals surface area contributed by atoms with Crippen LogP contribution < -0.4 is 5.32 Å². The number of nitrogens with zero attached hydrogens (tertiary/aromatic N) is 2. The van der Waals surface area contributed by atoms with Gasteiger partial charge in [-0.1, -0.05) is 42.6 Å². The molecule has 1 saturated heterocycles. The van der Waals surface area contributed by atoms with Crippen molar-refractivity contribution in [1.29, 1.82) is 0 Å². The number of likely N-dealkylation sites (tertiary alicyclic amines) is 1. The predicted molar refractivity (Wildman–Crippen MR) is 131 cm³/mol. The van der Waals surface area contributed by atoms with Crippen LogP contribution in [0.5, 0.6) is 0 Å². The summed E-state index contributed by atoms with van der Waals surface area (Å²) in [5, 5.41) is 3.57. The average Bonchev–Trinajstić information content (AvgIpc) is 3.10. The molecule has 6 atom stereocenters. The molecule has 0 unspecified atom stereocenters. The number of amides is 2. The summed E-state index contributed by atoms with van der Waals surface area (Å²) in [4.78, 5) is 31.9. The zero-order chi connectivity index (χ0) is 23.7. The minimum absolute atomic E-state index is 0.0257. The third-order valence-corrected chi connectivity index (χ3v) is 10.2. The van der Waals surface area contributed by atoms with Crippen molar-refractivity contribution in [1.82, 2.24) is 9.88 Å². The second kappa shape index (κ2) is 7.98. The minimum Gasteiger partial charge on any atom is -0.323 e. The van der Waals surface area contributed by atoms with Crippen molar-refractivity contribution >= 4 is 40.7 Å². The Hall–Kier alpha value is -1.59. The maximum absolute atomic E-state index is 13.4. The second-order valence-corrected chi connectivity index (χ2v) is 12.0. The fourth-order valence-corrected chi connectivity index (χ4v) is 8.66. The van der Waals surface area contributed by atoms with Crippen LogP contribution >= 0.6 is 23.2 Å². The van der Waals surface area contributed by atoms with Gasteiger partial charge < -0.3 is 10.2 Å². The van der Waals surface area contributed by atoms with E-state index in [9.17, 15) is 9.59 Å². The Morgan fingerprint density at radius 1 is 1.15 bits per heavy atom. The number of allylic oxidation sites excluding steroid dienone is 2. The number of hydrogen-bond acceptors (Lipinski definition) is 3. The summed E-state index contributed by atoms with van der Waals surface area (Å²) in [5.41, 5.74) is 3.20.